The lowest BCUT2D eigenvalue weighted by atomic mass is 10.4. The van der Waals surface area contributed by atoms with Crippen LogP contribution in [-0.2, 0) is 16.6 Å². The summed E-state index contributed by atoms with van der Waals surface area (Å²) < 4.78 is 29.1. The number of hydrogen-bond acceptors (Lipinski definition) is 5. The SMILES string of the molecule is CCn1cc(S(=O)(=O)Nc2ncc(N)cc2Br)nc1C. The van der Waals surface area contributed by atoms with Gasteiger partial charge in [0.1, 0.15) is 5.82 Å². The van der Waals surface area contributed by atoms with E-state index in [-0.39, 0.29) is 10.8 Å². The van der Waals surface area contributed by atoms with Crippen LogP contribution in [0.3, 0.4) is 0 Å². The molecule has 7 nitrogen and oxygen atoms in total. The van der Waals surface area contributed by atoms with Crippen molar-refractivity contribution in [3.63, 3.8) is 0 Å². The zero-order valence-corrected chi connectivity index (χ0v) is 13.4. The number of sulfonamides is 1. The normalized spacial score (nSPS) is 11.6. The standard InChI is InChI=1S/C11H14BrN5O2S/c1-3-17-6-10(15-7(17)2)20(18,19)16-11-9(12)4-8(13)5-14-11/h4-6H,3,13H2,1-2H3,(H,14,16). The summed E-state index contributed by atoms with van der Waals surface area (Å²) in [4.78, 5) is 7.98. The van der Waals surface area contributed by atoms with Crippen LogP contribution in [0.5, 0.6) is 0 Å². The maximum absolute atomic E-state index is 12.2. The van der Waals surface area contributed by atoms with E-state index in [4.69, 9.17) is 5.73 Å². The molecular formula is C11H14BrN5O2S. The number of rotatable bonds is 4. The van der Waals surface area contributed by atoms with Crippen molar-refractivity contribution < 1.29 is 8.42 Å². The Hall–Kier alpha value is -1.61. The molecule has 0 aliphatic rings. The number of anilines is 2. The van der Waals surface area contributed by atoms with Crippen LogP contribution in [0, 0.1) is 6.92 Å². The molecule has 0 bridgehead atoms. The van der Waals surface area contributed by atoms with Crippen LogP contribution in [-0.4, -0.2) is 23.0 Å². The molecule has 2 rings (SSSR count). The summed E-state index contributed by atoms with van der Waals surface area (Å²) in [7, 11) is -3.78. The average Bonchev–Trinajstić information content (AvgIpc) is 2.75. The van der Waals surface area contributed by atoms with E-state index in [1.807, 2.05) is 6.92 Å². The minimum atomic E-state index is -3.78. The van der Waals surface area contributed by atoms with Crippen molar-refractivity contribution in [2.75, 3.05) is 10.5 Å². The van der Waals surface area contributed by atoms with Gasteiger partial charge in [-0.1, -0.05) is 0 Å². The van der Waals surface area contributed by atoms with Crippen LogP contribution >= 0.6 is 15.9 Å². The molecule has 9 heteroatoms. The number of aromatic nitrogens is 3. The number of hydrogen-bond donors (Lipinski definition) is 2. The highest BCUT2D eigenvalue weighted by Crippen LogP contribution is 2.24. The second-order valence-corrected chi connectivity index (χ2v) is 6.60. The van der Waals surface area contributed by atoms with E-state index in [9.17, 15) is 8.42 Å². The van der Waals surface area contributed by atoms with Crippen LogP contribution in [0.1, 0.15) is 12.7 Å². The molecule has 2 heterocycles. The Morgan fingerprint density at radius 2 is 2.20 bits per heavy atom. The maximum atomic E-state index is 12.2. The number of halogens is 1. The van der Waals surface area contributed by atoms with Gasteiger partial charge in [0.05, 0.1) is 16.4 Å². The fourth-order valence-corrected chi connectivity index (χ4v) is 3.27. The molecule has 0 amide bonds. The summed E-state index contributed by atoms with van der Waals surface area (Å²) in [6.45, 7) is 4.31. The Bertz CT molecular complexity index is 741. The average molecular weight is 360 g/mol. The number of nitrogens with zero attached hydrogens (tertiary/aromatic N) is 3. The Morgan fingerprint density at radius 3 is 2.75 bits per heavy atom. The number of nitrogen functional groups attached to an aromatic ring is 1. The molecule has 108 valence electrons. The molecule has 0 atom stereocenters. The number of imidazole rings is 1. The van der Waals surface area contributed by atoms with Crippen LogP contribution in [0.25, 0.3) is 0 Å². The first-order valence-corrected chi connectivity index (χ1v) is 8.08. The molecule has 0 aliphatic heterocycles. The van der Waals surface area contributed by atoms with Gasteiger partial charge in [-0.2, -0.15) is 8.42 Å². The molecule has 0 spiro atoms. The number of aryl methyl sites for hydroxylation is 2. The van der Waals surface area contributed by atoms with Crippen molar-refractivity contribution in [2.24, 2.45) is 0 Å². The van der Waals surface area contributed by atoms with Gasteiger partial charge in [0, 0.05) is 12.7 Å². The zero-order chi connectivity index (χ0) is 14.9. The molecule has 0 aliphatic carbocycles. The maximum Gasteiger partial charge on any atom is 0.282 e. The van der Waals surface area contributed by atoms with Crippen molar-refractivity contribution in [3.8, 4) is 0 Å². The van der Waals surface area contributed by atoms with Gasteiger partial charge in [-0.25, -0.2) is 9.97 Å². The van der Waals surface area contributed by atoms with Gasteiger partial charge in [0.25, 0.3) is 10.0 Å². The number of nitrogens with two attached hydrogens (primary N) is 1. The van der Waals surface area contributed by atoms with E-state index in [2.05, 4.69) is 30.6 Å². The van der Waals surface area contributed by atoms with E-state index < -0.39 is 10.0 Å². The van der Waals surface area contributed by atoms with Crippen LogP contribution in [0.15, 0.2) is 28.0 Å². The van der Waals surface area contributed by atoms with Crippen molar-refractivity contribution >= 4 is 37.5 Å². The van der Waals surface area contributed by atoms with E-state index in [0.29, 0.717) is 22.5 Å². The van der Waals surface area contributed by atoms with Gasteiger partial charge >= 0.3 is 0 Å². The number of pyridine rings is 1. The van der Waals surface area contributed by atoms with Gasteiger partial charge in [-0.15, -0.1) is 0 Å². The molecule has 3 N–H and O–H groups in total. The Labute approximate surface area is 125 Å². The lowest BCUT2D eigenvalue weighted by molar-refractivity contribution is 0.597. The summed E-state index contributed by atoms with van der Waals surface area (Å²) in [6.07, 6.45) is 2.86. The monoisotopic (exact) mass is 359 g/mol. The highest BCUT2D eigenvalue weighted by atomic mass is 79.9. The van der Waals surface area contributed by atoms with Gasteiger partial charge in [0.2, 0.25) is 0 Å². The molecular weight excluding hydrogens is 346 g/mol. The molecule has 20 heavy (non-hydrogen) atoms. The third kappa shape index (κ3) is 2.93. The summed E-state index contributed by atoms with van der Waals surface area (Å²) in [6, 6.07) is 1.57. The van der Waals surface area contributed by atoms with Crippen LogP contribution in [0.2, 0.25) is 0 Å². The molecule has 0 aromatic carbocycles. The molecule has 2 aromatic rings. The highest BCUT2D eigenvalue weighted by molar-refractivity contribution is 9.10. The van der Waals surface area contributed by atoms with Gasteiger partial charge < -0.3 is 10.3 Å². The van der Waals surface area contributed by atoms with E-state index in [1.54, 1.807) is 17.6 Å². The van der Waals surface area contributed by atoms with Crippen LogP contribution < -0.4 is 10.5 Å². The van der Waals surface area contributed by atoms with E-state index in [0.717, 1.165) is 0 Å². The minimum Gasteiger partial charge on any atom is -0.397 e. The zero-order valence-electron chi connectivity index (χ0n) is 11.0. The molecule has 2 aromatic heterocycles. The van der Waals surface area contributed by atoms with E-state index in [1.165, 1.54) is 12.4 Å². The Kier molecular flexibility index (Phi) is 4.00. The first-order valence-electron chi connectivity index (χ1n) is 5.81. The van der Waals surface area contributed by atoms with Crippen LogP contribution in [0.4, 0.5) is 11.5 Å². The summed E-state index contributed by atoms with van der Waals surface area (Å²) in [5.74, 6) is 0.806. The molecule has 0 radical (unpaired) electrons. The minimum absolute atomic E-state index is 0.0395. The predicted octanol–water partition coefficient (Wildman–Crippen LogP) is 1.75. The van der Waals surface area contributed by atoms with Gasteiger partial charge in [-0.3, -0.25) is 4.72 Å². The fraction of sp³-hybridized carbons (Fsp3) is 0.273. The molecule has 0 unspecified atom stereocenters. The Balaban J connectivity index is 2.35. The van der Waals surface area contributed by atoms with Crippen molar-refractivity contribution in [2.45, 2.75) is 25.4 Å². The topological polar surface area (TPSA) is 103 Å². The quantitative estimate of drug-likeness (QED) is 0.865. The van der Waals surface area contributed by atoms with Gasteiger partial charge in [0.15, 0.2) is 10.8 Å². The third-order valence-electron chi connectivity index (χ3n) is 2.66. The van der Waals surface area contributed by atoms with Crippen molar-refractivity contribution in [3.05, 3.63) is 28.8 Å². The van der Waals surface area contributed by atoms with Crippen molar-refractivity contribution in [1.29, 1.82) is 0 Å². The Morgan fingerprint density at radius 1 is 1.50 bits per heavy atom. The first-order chi connectivity index (χ1) is 9.33. The number of nitrogens with one attached hydrogen (secondary N) is 1. The smallest absolute Gasteiger partial charge is 0.282 e. The second kappa shape index (κ2) is 5.41. The lowest BCUT2D eigenvalue weighted by Crippen LogP contribution is -2.15. The molecule has 0 fully saturated rings. The third-order valence-corrected chi connectivity index (χ3v) is 4.48. The summed E-state index contributed by atoms with van der Waals surface area (Å²) in [5, 5.41) is -0.0395. The summed E-state index contributed by atoms with van der Waals surface area (Å²) >= 11 is 3.21. The largest absolute Gasteiger partial charge is 0.397 e. The van der Waals surface area contributed by atoms with Crippen molar-refractivity contribution in [1.82, 2.24) is 14.5 Å². The lowest BCUT2D eigenvalue weighted by Gasteiger charge is -2.07. The van der Waals surface area contributed by atoms with Gasteiger partial charge in [-0.05, 0) is 35.8 Å². The fourth-order valence-electron chi connectivity index (χ4n) is 1.64. The second-order valence-electron chi connectivity index (χ2n) is 4.12. The highest BCUT2D eigenvalue weighted by Gasteiger charge is 2.20. The predicted molar refractivity (Wildman–Crippen MR) is 79.8 cm³/mol. The first kappa shape index (κ1) is 14.8. The summed E-state index contributed by atoms with van der Waals surface area (Å²) in [5.41, 5.74) is 5.99. The molecule has 0 saturated heterocycles. The molecule has 0 saturated carbocycles. The van der Waals surface area contributed by atoms with E-state index >= 15 is 0 Å².